The van der Waals surface area contributed by atoms with Gasteiger partial charge in [-0.05, 0) is 12.1 Å². The first-order valence-corrected chi connectivity index (χ1v) is 6.13. The number of aryl methyl sites for hydroxylation is 1. The summed E-state index contributed by atoms with van der Waals surface area (Å²) < 4.78 is 6.70. The van der Waals surface area contributed by atoms with Gasteiger partial charge in [-0.2, -0.15) is 10.4 Å². The van der Waals surface area contributed by atoms with Crippen molar-refractivity contribution in [3.05, 3.63) is 41.2 Å². The number of aromatic nitrogens is 2. The van der Waals surface area contributed by atoms with Gasteiger partial charge in [0, 0.05) is 7.05 Å². The fourth-order valence-electron chi connectivity index (χ4n) is 2.00. The molecule has 0 aliphatic heterocycles. The molecule has 0 amide bonds. The highest BCUT2D eigenvalue weighted by atomic mass is 16.5. The second-order valence-electron chi connectivity index (χ2n) is 4.28. The van der Waals surface area contributed by atoms with Crippen LogP contribution in [0.3, 0.4) is 0 Å². The molecule has 108 valence electrons. The van der Waals surface area contributed by atoms with E-state index in [1.54, 1.807) is 25.2 Å². The van der Waals surface area contributed by atoms with Gasteiger partial charge >= 0.3 is 5.97 Å². The fraction of sp³-hybridized carbons (Fsp3) is 0.214. The van der Waals surface area contributed by atoms with Crippen molar-refractivity contribution >= 4 is 11.7 Å². The molecule has 0 fully saturated rings. The molecular formula is C14H14N4O3. The quantitative estimate of drug-likeness (QED) is 0.866. The number of nitrogens with zero attached hydrogens (tertiary/aromatic N) is 3. The van der Waals surface area contributed by atoms with Crippen LogP contribution < -0.4 is 10.1 Å². The number of rotatable bonds is 5. The van der Waals surface area contributed by atoms with Gasteiger partial charge in [-0.15, -0.1) is 0 Å². The lowest BCUT2D eigenvalue weighted by atomic mass is 10.1. The lowest BCUT2D eigenvalue weighted by molar-refractivity contribution is 0.0695. The molecule has 0 aliphatic rings. The molecule has 1 aromatic carbocycles. The number of nitriles is 1. The van der Waals surface area contributed by atoms with E-state index >= 15 is 0 Å². The van der Waals surface area contributed by atoms with Gasteiger partial charge in [0.15, 0.2) is 0 Å². The molecular weight excluding hydrogens is 272 g/mol. The summed E-state index contributed by atoms with van der Waals surface area (Å²) in [5, 5.41) is 25.2. The zero-order chi connectivity index (χ0) is 15.4. The van der Waals surface area contributed by atoms with Gasteiger partial charge in [0.05, 0.1) is 36.8 Å². The van der Waals surface area contributed by atoms with Crippen molar-refractivity contribution in [1.29, 1.82) is 5.26 Å². The molecule has 2 rings (SSSR count). The summed E-state index contributed by atoms with van der Waals surface area (Å²) in [4.78, 5) is 11.1. The highest BCUT2D eigenvalue weighted by Crippen LogP contribution is 2.28. The third-order valence-electron chi connectivity index (χ3n) is 3.09. The maximum absolute atomic E-state index is 11.1. The van der Waals surface area contributed by atoms with Crippen LogP contribution in [0.15, 0.2) is 24.4 Å². The molecule has 21 heavy (non-hydrogen) atoms. The second-order valence-corrected chi connectivity index (χ2v) is 4.28. The number of methoxy groups -OCH3 is 1. The number of ether oxygens (including phenoxy) is 1. The minimum Gasteiger partial charge on any atom is -0.495 e. The van der Waals surface area contributed by atoms with Crippen molar-refractivity contribution in [3.8, 4) is 11.8 Å². The molecule has 1 aromatic heterocycles. The van der Waals surface area contributed by atoms with Crippen molar-refractivity contribution in [2.45, 2.75) is 6.54 Å². The van der Waals surface area contributed by atoms with E-state index in [-0.39, 0.29) is 12.1 Å². The van der Waals surface area contributed by atoms with E-state index in [4.69, 9.17) is 15.1 Å². The molecule has 0 spiro atoms. The Morgan fingerprint density at radius 1 is 1.57 bits per heavy atom. The number of carboxylic acid groups (broad SMARTS) is 1. The van der Waals surface area contributed by atoms with E-state index < -0.39 is 5.97 Å². The van der Waals surface area contributed by atoms with Crippen LogP contribution in [-0.4, -0.2) is 28.0 Å². The van der Waals surface area contributed by atoms with Crippen LogP contribution in [0.4, 0.5) is 5.69 Å². The number of carbonyl (C=O) groups is 1. The largest absolute Gasteiger partial charge is 0.495 e. The average molecular weight is 286 g/mol. The Morgan fingerprint density at radius 3 is 2.95 bits per heavy atom. The number of nitrogens with one attached hydrogen (secondary N) is 1. The third kappa shape index (κ3) is 2.79. The first-order valence-electron chi connectivity index (χ1n) is 6.13. The van der Waals surface area contributed by atoms with Gasteiger partial charge in [-0.3, -0.25) is 4.68 Å². The molecule has 0 bridgehead atoms. The number of hydrogen-bond acceptors (Lipinski definition) is 5. The van der Waals surface area contributed by atoms with Crippen LogP contribution in [0.1, 0.15) is 21.6 Å². The summed E-state index contributed by atoms with van der Waals surface area (Å²) in [7, 11) is 3.17. The first kappa shape index (κ1) is 14.4. The Bertz CT molecular complexity index is 715. The number of hydrogen-bond donors (Lipinski definition) is 2. The molecule has 0 saturated heterocycles. The monoisotopic (exact) mass is 286 g/mol. The van der Waals surface area contributed by atoms with Crippen molar-refractivity contribution < 1.29 is 14.6 Å². The van der Waals surface area contributed by atoms with Gasteiger partial charge < -0.3 is 15.2 Å². The number of benzene rings is 1. The van der Waals surface area contributed by atoms with E-state index in [1.807, 2.05) is 0 Å². The molecule has 2 N–H and O–H groups in total. The highest BCUT2D eigenvalue weighted by Gasteiger charge is 2.16. The first-order chi connectivity index (χ1) is 10.1. The SMILES string of the molecule is COc1cccc(C#N)c1NCc1c(C(=O)O)cnn1C. The molecule has 0 radical (unpaired) electrons. The maximum atomic E-state index is 11.1. The Labute approximate surface area is 121 Å². The Balaban J connectivity index is 2.31. The topological polar surface area (TPSA) is 100 Å². The molecule has 0 saturated carbocycles. The Kier molecular flexibility index (Phi) is 4.09. The Hall–Kier alpha value is -3.01. The van der Waals surface area contributed by atoms with Gasteiger partial charge in [-0.25, -0.2) is 4.79 Å². The second kappa shape index (κ2) is 5.96. The minimum atomic E-state index is -1.04. The van der Waals surface area contributed by atoms with Crippen molar-refractivity contribution in [2.75, 3.05) is 12.4 Å². The Morgan fingerprint density at radius 2 is 2.33 bits per heavy atom. The minimum absolute atomic E-state index is 0.124. The molecule has 2 aromatic rings. The van der Waals surface area contributed by atoms with E-state index in [0.29, 0.717) is 22.7 Å². The van der Waals surface area contributed by atoms with Crippen molar-refractivity contribution in [3.63, 3.8) is 0 Å². The van der Waals surface area contributed by atoms with Crippen LogP contribution in [0, 0.1) is 11.3 Å². The van der Waals surface area contributed by atoms with Crippen molar-refractivity contribution in [2.24, 2.45) is 7.05 Å². The van der Waals surface area contributed by atoms with Crippen LogP contribution >= 0.6 is 0 Å². The number of carboxylic acids is 1. The zero-order valence-electron chi connectivity index (χ0n) is 11.6. The smallest absolute Gasteiger partial charge is 0.339 e. The summed E-state index contributed by atoms with van der Waals surface area (Å²) in [6, 6.07) is 7.17. The normalized spacial score (nSPS) is 9.95. The van der Waals surface area contributed by atoms with E-state index in [1.165, 1.54) is 18.0 Å². The lowest BCUT2D eigenvalue weighted by Crippen LogP contribution is -2.11. The summed E-state index contributed by atoms with van der Waals surface area (Å²) in [5.74, 6) is -0.520. The van der Waals surface area contributed by atoms with E-state index in [0.717, 1.165) is 0 Å². The molecule has 7 heteroatoms. The molecule has 0 atom stereocenters. The summed E-state index contributed by atoms with van der Waals surface area (Å²) in [6.07, 6.45) is 1.30. The standard InChI is InChI=1S/C14H14N4O3/c1-18-11(10(7-17-18)14(19)20)8-16-13-9(6-15)4-3-5-12(13)21-2/h3-5,7,16H,8H2,1-2H3,(H,19,20). The van der Waals surface area contributed by atoms with Crippen LogP contribution in [0.25, 0.3) is 0 Å². The zero-order valence-corrected chi connectivity index (χ0v) is 11.6. The predicted molar refractivity (Wildman–Crippen MR) is 75.2 cm³/mol. The molecule has 1 heterocycles. The van der Waals surface area contributed by atoms with Crippen molar-refractivity contribution in [1.82, 2.24) is 9.78 Å². The number of anilines is 1. The summed E-state index contributed by atoms with van der Waals surface area (Å²) in [6.45, 7) is 0.215. The van der Waals surface area contributed by atoms with Gasteiger partial charge in [0.25, 0.3) is 0 Å². The van der Waals surface area contributed by atoms with Gasteiger partial charge in [0.1, 0.15) is 17.4 Å². The summed E-state index contributed by atoms with van der Waals surface area (Å²) >= 11 is 0. The van der Waals surface area contributed by atoms with Crippen LogP contribution in [0.2, 0.25) is 0 Å². The van der Waals surface area contributed by atoms with Gasteiger partial charge in [0.2, 0.25) is 0 Å². The average Bonchev–Trinajstić information content (AvgIpc) is 2.85. The van der Waals surface area contributed by atoms with E-state index in [2.05, 4.69) is 16.5 Å². The highest BCUT2D eigenvalue weighted by molar-refractivity contribution is 5.88. The number of aromatic carboxylic acids is 1. The number of para-hydroxylation sites is 1. The molecule has 0 unspecified atom stereocenters. The lowest BCUT2D eigenvalue weighted by Gasteiger charge is -2.13. The third-order valence-corrected chi connectivity index (χ3v) is 3.09. The fourth-order valence-corrected chi connectivity index (χ4v) is 2.00. The van der Waals surface area contributed by atoms with Gasteiger partial charge in [-0.1, -0.05) is 6.07 Å². The molecule has 0 aliphatic carbocycles. The van der Waals surface area contributed by atoms with E-state index in [9.17, 15) is 4.79 Å². The van der Waals surface area contributed by atoms with Crippen LogP contribution in [-0.2, 0) is 13.6 Å². The molecule has 7 nitrogen and oxygen atoms in total. The maximum Gasteiger partial charge on any atom is 0.339 e. The van der Waals surface area contributed by atoms with Crippen LogP contribution in [0.5, 0.6) is 5.75 Å². The summed E-state index contributed by atoms with van der Waals surface area (Å²) in [5.41, 5.74) is 1.59. The predicted octanol–water partition coefficient (Wildman–Crippen LogP) is 1.61.